The maximum atomic E-state index is 13.6. The summed E-state index contributed by atoms with van der Waals surface area (Å²) in [7, 11) is 0. The number of pyridine rings is 1. The van der Waals surface area contributed by atoms with Crippen LogP contribution in [0.15, 0.2) is 66.9 Å². The Bertz CT molecular complexity index is 1350. The monoisotopic (exact) mass is 555 g/mol. The van der Waals surface area contributed by atoms with Gasteiger partial charge in [0.25, 0.3) is 0 Å². The molecule has 2 atom stereocenters. The van der Waals surface area contributed by atoms with Crippen LogP contribution < -0.4 is 9.64 Å². The predicted octanol–water partition coefficient (Wildman–Crippen LogP) is 5.44. The van der Waals surface area contributed by atoms with Gasteiger partial charge in [0, 0.05) is 30.9 Å². The molecule has 8 heteroatoms. The summed E-state index contributed by atoms with van der Waals surface area (Å²) in [6.07, 6.45) is 7.68. The van der Waals surface area contributed by atoms with Crippen molar-refractivity contribution in [3.05, 3.63) is 89.2 Å². The number of amides is 1. The van der Waals surface area contributed by atoms with Crippen LogP contribution in [0.2, 0.25) is 0 Å². The maximum Gasteiger partial charge on any atom is 0.335 e. The van der Waals surface area contributed by atoms with Gasteiger partial charge in [-0.25, -0.2) is 4.79 Å². The van der Waals surface area contributed by atoms with Gasteiger partial charge in [0.2, 0.25) is 5.91 Å². The van der Waals surface area contributed by atoms with E-state index in [1.807, 2.05) is 41.3 Å². The number of aromatic carboxylic acids is 1. The van der Waals surface area contributed by atoms with Crippen LogP contribution in [0.3, 0.4) is 0 Å². The predicted molar refractivity (Wildman–Crippen MR) is 155 cm³/mol. The Labute approximate surface area is 240 Å². The molecule has 1 aromatic heterocycles. The van der Waals surface area contributed by atoms with Gasteiger partial charge in [-0.05, 0) is 66.3 Å². The topological polar surface area (TPSA) is 92.2 Å². The molecule has 1 N–H and O–H groups in total. The molecule has 8 nitrogen and oxygen atoms in total. The molecule has 214 valence electrons. The van der Waals surface area contributed by atoms with Gasteiger partial charge in [-0.15, -0.1) is 0 Å². The third kappa shape index (κ3) is 5.93. The van der Waals surface area contributed by atoms with Crippen molar-refractivity contribution in [2.45, 2.75) is 50.7 Å². The van der Waals surface area contributed by atoms with Gasteiger partial charge in [0.15, 0.2) is 0 Å². The third-order valence-corrected chi connectivity index (χ3v) is 8.78. The number of hydrogen-bond donors (Lipinski definition) is 1. The second-order valence-corrected chi connectivity index (χ2v) is 11.2. The maximum absolute atomic E-state index is 13.6. The summed E-state index contributed by atoms with van der Waals surface area (Å²) in [5.74, 6) is 0.481. The number of nitrogens with zero attached hydrogens (tertiary/aromatic N) is 3. The highest BCUT2D eigenvalue weighted by Gasteiger charge is 2.44. The molecule has 3 aromatic rings. The van der Waals surface area contributed by atoms with Crippen molar-refractivity contribution in [1.29, 1.82) is 0 Å². The van der Waals surface area contributed by atoms with Gasteiger partial charge in [0.1, 0.15) is 12.4 Å². The molecular weight excluding hydrogens is 518 g/mol. The first-order valence-corrected chi connectivity index (χ1v) is 14.7. The molecule has 3 aliphatic rings. The number of morpholine rings is 1. The molecule has 2 fully saturated rings. The molecule has 1 saturated carbocycles. The van der Waals surface area contributed by atoms with Crippen molar-refractivity contribution in [2.24, 2.45) is 5.92 Å². The van der Waals surface area contributed by atoms with E-state index in [2.05, 4.69) is 22.0 Å². The molecule has 0 spiro atoms. The molecular formula is C33H37N3O5. The van der Waals surface area contributed by atoms with E-state index in [4.69, 9.17) is 9.47 Å². The largest absolute Gasteiger partial charge is 0.487 e. The van der Waals surface area contributed by atoms with E-state index in [-0.39, 0.29) is 30.0 Å². The lowest BCUT2D eigenvalue weighted by Gasteiger charge is -2.37. The van der Waals surface area contributed by atoms with E-state index in [9.17, 15) is 14.7 Å². The van der Waals surface area contributed by atoms with Gasteiger partial charge < -0.3 is 24.4 Å². The van der Waals surface area contributed by atoms with Gasteiger partial charge >= 0.3 is 5.97 Å². The molecule has 41 heavy (non-hydrogen) atoms. The van der Waals surface area contributed by atoms with Gasteiger partial charge in [-0.3, -0.25) is 9.78 Å². The zero-order chi connectivity index (χ0) is 28.2. The van der Waals surface area contributed by atoms with Crippen molar-refractivity contribution in [1.82, 2.24) is 9.88 Å². The van der Waals surface area contributed by atoms with E-state index in [1.54, 1.807) is 18.3 Å². The number of benzene rings is 2. The van der Waals surface area contributed by atoms with E-state index in [0.29, 0.717) is 38.8 Å². The molecule has 2 aliphatic heterocycles. The number of carbonyl (C=O) groups excluding carboxylic acids is 1. The Hall–Kier alpha value is -3.91. The third-order valence-electron chi connectivity index (χ3n) is 8.78. The standard InChI is InChI=1S/C33H37N3O5/c37-30(35-16-18-40-19-17-35)21-36-29-20-25(33(38)39)11-14-28(29)31(23-6-2-1-3-7-23)32(36)24-9-12-27(13-10-24)41-22-26-8-4-5-15-34-26/h4-5,8-15,20,23,31-32H,1-3,6-7,16-19,21-22H2,(H,38,39). The molecule has 1 amide bonds. The van der Waals surface area contributed by atoms with E-state index in [0.717, 1.165) is 41.1 Å². The van der Waals surface area contributed by atoms with Crippen LogP contribution in [0.5, 0.6) is 5.75 Å². The number of carbonyl (C=O) groups is 2. The normalized spacial score (nSPS) is 21.0. The van der Waals surface area contributed by atoms with E-state index >= 15 is 0 Å². The minimum atomic E-state index is -0.959. The number of hydrogen-bond acceptors (Lipinski definition) is 6. The van der Waals surface area contributed by atoms with Crippen molar-refractivity contribution in [3.63, 3.8) is 0 Å². The number of anilines is 1. The van der Waals surface area contributed by atoms with E-state index < -0.39 is 5.97 Å². The smallest absolute Gasteiger partial charge is 0.335 e. The molecule has 2 unspecified atom stereocenters. The Morgan fingerprint density at radius 2 is 1.76 bits per heavy atom. The highest BCUT2D eigenvalue weighted by Crippen LogP contribution is 2.55. The average molecular weight is 556 g/mol. The van der Waals surface area contributed by atoms with Crippen LogP contribution in [-0.4, -0.2) is 59.7 Å². The number of aromatic nitrogens is 1. The van der Waals surface area contributed by atoms with Crippen LogP contribution in [0, 0.1) is 5.92 Å². The number of rotatable bonds is 8. The second kappa shape index (κ2) is 12.3. The Kier molecular flexibility index (Phi) is 8.19. The summed E-state index contributed by atoms with van der Waals surface area (Å²) in [6, 6.07) is 19.4. The fraction of sp³-hybridized carbons (Fsp3) is 0.424. The van der Waals surface area contributed by atoms with Gasteiger partial charge in [-0.1, -0.05) is 43.5 Å². The molecule has 1 saturated heterocycles. The molecule has 6 rings (SSSR count). The van der Waals surface area contributed by atoms with Crippen LogP contribution >= 0.6 is 0 Å². The summed E-state index contributed by atoms with van der Waals surface area (Å²) >= 11 is 0. The number of ether oxygens (including phenoxy) is 2. The minimum Gasteiger partial charge on any atom is -0.487 e. The summed E-state index contributed by atoms with van der Waals surface area (Å²) < 4.78 is 11.5. The summed E-state index contributed by atoms with van der Waals surface area (Å²) in [4.78, 5) is 34.0. The fourth-order valence-electron chi connectivity index (χ4n) is 6.76. The summed E-state index contributed by atoms with van der Waals surface area (Å²) in [6.45, 7) is 2.82. The lowest BCUT2D eigenvalue weighted by atomic mass is 9.73. The van der Waals surface area contributed by atoms with Crippen LogP contribution in [0.25, 0.3) is 0 Å². The lowest BCUT2D eigenvalue weighted by Crippen LogP contribution is -2.46. The van der Waals surface area contributed by atoms with Crippen molar-refractivity contribution >= 4 is 17.6 Å². The first-order valence-electron chi connectivity index (χ1n) is 14.7. The lowest BCUT2D eigenvalue weighted by molar-refractivity contribution is -0.133. The SMILES string of the molecule is O=C(O)c1ccc2c(c1)N(CC(=O)N1CCOCC1)C(c1ccc(OCc3ccccn3)cc1)C2C1CCCCC1. The Morgan fingerprint density at radius 1 is 0.976 bits per heavy atom. The van der Waals surface area contributed by atoms with Crippen molar-refractivity contribution < 1.29 is 24.2 Å². The molecule has 3 heterocycles. The van der Waals surface area contributed by atoms with Crippen molar-refractivity contribution in [2.75, 3.05) is 37.7 Å². The van der Waals surface area contributed by atoms with Crippen molar-refractivity contribution in [3.8, 4) is 5.75 Å². The molecule has 0 radical (unpaired) electrons. The fourth-order valence-corrected chi connectivity index (χ4v) is 6.76. The Morgan fingerprint density at radius 3 is 2.46 bits per heavy atom. The minimum absolute atomic E-state index is 0.0459. The van der Waals surface area contributed by atoms with E-state index in [1.165, 1.54) is 19.3 Å². The van der Waals surface area contributed by atoms with Gasteiger partial charge in [0.05, 0.1) is 37.1 Å². The number of carboxylic acids is 1. The first-order chi connectivity index (χ1) is 20.1. The molecule has 2 aromatic carbocycles. The second-order valence-electron chi connectivity index (χ2n) is 11.2. The van der Waals surface area contributed by atoms with Gasteiger partial charge in [-0.2, -0.15) is 0 Å². The quantitative estimate of drug-likeness (QED) is 0.396. The number of fused-ring (bicyclic) bond motifs is 1. The summed E-state index contributed by atoms with van der Waals surface area (Å²) in [5, 5.41) is 9.82. The average Bonchev–Trinajstić information content (AvgIpc) is 3.34. The molecule has 1 aliphatic carbocycles. The zero-order valence-corrected chi connectivity index (χ0v) is 23.3. The van der Waals surface area contributed by atoms with Crippen LogP contribution in [0.1, 0.15) is 71.2 Å². The highest BCUT2D eigenvalue weighted by atomic mass is 16.5. The first kappa shape index (κ1) is 27.3. The highest BCUT2D eigenvalue weighted by molar-refractivity contribution is 5.91. The summed E-state index contributed by atoms with van der Waals surface area (Å²) in [5.41, 5.74) is 4.23. The number of carboxylic acid groups (broad SMARTS) is 1. The van der Waals surface area contributed by atoms with Crippen LogP contribution in [0.4, 0.5) is 5.69 Å². The van der Waals surface area contributed by atoms with Crippen LogP contribution in [-0.2, 0) is 16.1 Å². The zero-order valence-electron chi connectivity index (χ0n) is 23.3. The molecule has 0 bridgehead atoms. The Balaban J connectivity index is 1.35.